The minimum atomic E-state index is -0.580. The van der Waals surface area contributed by atoms with E-state index in [0.717, 1.165) is 6.20 Å². The van der Waals surface area contributed by atoms with E-state index >= 15 is 0 Å². The van der Waals surface area contributed by atoms with Gasteiger partial charge in [-0.1, -0.05) is 0 Å². The van der Waals surface area contributed by atoms with Gasteiger partial charge in [-0.15, -0.1) is 23.4 Å². The Labute approximate surface area is 95.2 Å². The van der Waals surface area contributed by atoms with E-state index in [1.807, 2.05) is 6.07 Å². The second-order valence-electron chi connectivity index (χ2n) is 2.45. The number of thioether (sulfide) groups is 1. The molecule has 0 N–H and O–H groups in total. The van der Waals surface area contributed by atoms with Gasteiger partial charge in [-0.3, -0.25) is 10.1 Å². The van der Waals surface area contributed by atoms with Crippen LogP contribution in [0.2, 0.25) is 0 Å². The summed E-state index contributed by atoms with van der Waals surface area (Å²) < 4.78 is 0. The van der Waals surface area contributed by atoms with Crippen LogP contribution in [0.3, 0.4) is 0 Å². The molecule has 5 nitrogen and oxygen atoms in total. The highest BCUT2D eigenvalue weighted by atomic mass is 35.5. The summed E-state index contributed by atoms with van der Waals surface area (Å²) in [6, 6.07) is 3.08. The molecule has 0 bridgehead atoms. The Hall–Kier alpha value is -1.32. The zero-order chi connectivity index (χ0) is 11.3. The van der Waals surface area contributed by atoms with Gasteiger partial charge in [-0.05, 0) is 0 Å². The van der Waals surface area contributed by atoms with Gasteiger partial charge in [0.1, 0.15) is 17.3 Å². The summed E-state index contributed by atoms with van der Waals surface area (Å²) in [5.74, 6) is 1.05. The van der Waals surface area contributed by atoms with Crippen molar-refractivity contribution in [1.29, 1.82) is 5.26 Å². The van der Waals surface area contributed by atoms with Gasteiger partial charge in [-0.25, -0.2) is 4.98 Å². The second kappa shape index (κ2) is 5.53. The van der Waals surface area contributed by atoms with Gasteiger partial charge >= 0.3 is 0 Å². The number of alkyl halides is 1. The molecule has 0 aliphatic heterocycles. The molecule has 7 heteroatoms. The first-order valence-corrected chi connectivity index (χ1v) is 5.44. The summed E-state index contributed by atoms with van der Waals surface area (Å²) in [7, 11) is 0. The zero-order valence-corrected chi connectivity index (χ0v) is 9.09. The molecule has 0 aromatic carbocycles. The quantitative estimate of drug-likeness (QED) is 0.350. The fourth-order valence-electron chi connectivity index (χ4n) is 0.871. The highest BCUT2D eigenvalue weighted by Crippen LogP contribution is 2.23. The lowest BCUT2D eigenvalue weighted by atomic mass is 10.3. The van der Waals surface area contributed by atoms with Crippen LogP contribution in [0.15, 0.2) is 17.3 Å². The third kappa shape index (κ3) is 3.08. The normalized spacial score (nSPS) is 9.60. The molecular formula is C8H6ClN3O2S. The molecular weight excluding hydrogens is 238 g/mol. The van der Waals surface area contributed by atoms with Gasteiger partial charge in [-0.2, -0.15) is 5.26 Å². The number of aromatic nitrogens is 1. The number of pyridine rings is 1. The van der Waals surface area contributed by atoms with E-state index in [1.165, 1.54) is 17.8 Å². The third-order valence-corrected chi connectivity index (χ3v) is 2.90. The molecule has 0 amide bonds. The molecule has 0 radical (unpaired) electrons. The standard InChI is InChI=1S/C8H6ClN3O2S/c9-1-2-15-8-6(4-10)3-7(5-11-8)12(13)14/h3,5H,1-2H2. The van der Waals surface area contributed by atoms with Crippen molar-refractivity contribution in [1.82, 2.24) is 4.98 Å². The second-order valence-corrected chi connectivity index (χ2v) is 3.91. The summed E-state index contributed by atoms with van der Waals surface area (Å²) >= 11 is 6.79. The van der Waals surface area contributed by atoms with Crippen LogP contribution in [-0.2, 0) is 0 Å². The zero-order valence-electron chi connectivity index (χ0n) is 7.51. The topological polar surface area (TPSA) is 79.8 Å². The van der Waals surface area contributed by atoms with Crippen LogP contribution in [0.25, 0.3) is 0 Å². The van der Waals surface area contributed by atoms with Crippen LogP contribution in [0.4, 0.5) is 5.69 Å². The number of nitriles is 1. The van der Waals surface area contributed by atoms with E-state index < -0.39 is 4.92 Å². The third-order valence-electron chi connectivity index (χ3n) is 1.48. The minimum absolute atomic E-state index is 0.179. The Kier molecular flexibility index (Phi) is 4.34. The fourth-order valence-corrected chi connectivity index (χ4v) is 1.76. The molecule has 0 fully saturated rings. The van der Waals surface area contributed by atoms with E-state index in [0.29, 0.717) is 16.7 Å². The molecule has 0 atom stereocenters. The van der Waals surface area contributed by atoms with Crippen molar-refractivity contribution in [3.8, 4) is 6.07 Å². The van der Waals surface area contributed by atoms with Crippen LogP contribution in [0.1, 0.15) is 5.56 Å². The maximum Gasteiger partial charge on any atom is 0.288 e. The minimum Gasteiger partial charge on any atom is -0.258 e. The van der Waals surface area contributed by atoms with E-state index in [1.54, 1.807) is 0 Å². The Morgan fingerprint density at radius 3 is 3.00 bits per heavy atom. The number of halogens is 1. The van der Waals surface area contributed by atoms with Crippen LogP contribution in [0, 0.1) is 21.4 Å². The number of nitrogens with zero attached hydrogens (tertiary/aromatic N) is 3. The van der Waals surface area contributed by atoms with Crippen molar-refractivity contribution in [2.24, 2.45) is 0 Å². The lowest BCUT2D eigenvalue weighted by molar-refractivity contribution is -0.385. The first-order valence-electron chi connectivity index (χ1n) is 3.92. The summed E-state index contributed by atoms with van der Waals surface area (Å²) in [6.07, 6.45) is 1.14. The van der Waals surface area contributed by atoms with Gasteiger partial charge in [0.25, 0.3) is 5.69 Å². The Balaban J connectivity index is 3.00. The van der Waals surface area contributed by atoms with Crippen molar-refractivity contribution < 1.29 is 4.92 Å². The van der Waals surface area contributed by atoms with E-state index in [9.17, 15) is 10.1 Å². The predicted octanol–water partition coefficient (Wildman–Crippen LogP) is 2.19. The molecule has 0 aliphatic rings. The molecule has 1 aromatic heterocycles. The molecule has 0 saturated heterocycles. The Bertz CT molecular complexity index is 419. The molecule has 15 heavy (non-hydrogen) atoms. The van der Waals surface area contributed by atoms with Crippen LogP contribution < -0.4 is 0 Å². The number of nitro groups is 1. The Morgan fingerprint density at radius 2 is 2.47 bits per heavy atom. The van der Waals surface area contributed by atoms with Gasteiger partial charge in [0.2, 0.25) is 0 Å². The van der Waals surface area contributed by atoms with Crippen molar-refractivity contribution in [3.05, 3.63) is 27.9 Å². The van der Waals surface area contributed by atoms with Crippen LogP contribution in [-0.4, -0.2) is 21.5 Å². The van der Waals surface area contributed by atoms with E-state index in [-0.39, 0.29) is 11.3 Å². The first kappa shape index (κ1) is 11.8. The smallest absolute Gasteiger partial charge is 0.258 e. The van der Waals surface area contributed by atoms with Crippen LogP contribution >= 0.6 is 23.4 Å². The average molecular weight is 244 g/mol. The highest BCUT2D eigenvalue weighted by molar-refractivity contribution is 7.99. The monoisotopic (exact) mass is 243 g/mol. The maximum absolute atomic E-state index is 10.4. The van der Waals surface area contributed by atoms with Crippen LogP contribution in [0.5, 0.6) is 0 Å². The summed E-state index contributed by atoms with van der Waals surface area (Å²) in [4.78, 5) is 13.7. The lowest BCUT2D eigenvalue weighted by Gasteiger charge is -2.00. The Morgan fingerprint density at radius 1 is 1.73 bits per heavy atom. The fraction of sp³-hybridized carbons (Fsp3) is 0.250. The highest BCUT2D eigenvalue weighted by Gasteiger charge is 2.11. The maximum atomic E-state index is 10.4. The molecule has 1 aromatic rings. The predicted molar refractivity (Wildman–Crippen MR) is 57.1 cm³/mol. The molecule has 0 spiro atoms. The van der Waals surface area contributed by atoms with Gasteiger partial charge in [0.05, 0.1) is 10.5 Å². The van der Waals surface area contributed by atoms with Crippen molar-refractivity contribution in [2.45, 2.75) is 5.03 Å². The SMILES string of the molecule is N#Cc1cc([N+](=O)[O-])cnc1SCCCl. The molecule has 1 rings (SSSR count). The average Bonchev–Trinajstić information content (AvgIpc) is 2.25. The largest absolute Gasteiger partial charge is 0.288 e. The molecule has 0 unspecified atom stereocenters. The number of hydrogen-bond acceptors (Lipinski definition) is 5. The number of hydrogen-bond donors (Lipinski definition) is 0. The van der Waals surface area contributed by atoms with Crippen molar-refractivity contribution in [3.63, 3.8) is 0 Å². The number of rotatable bonds is 4. The summed E-state index contributed by atoms with van der Waals surface area (Å²) in [5.41, 5.74) is 0.0288. The lowest BCUT2D eigenvalue weighted by Crippen LogP contribution is -1.94. The van der Waals surface area contributed by atoms with E-state index in [4.69, 9.17) is 16.9 Å². The van der Waals surface area contributed by atoms with Gasteiger partial charge < -0.3 is 0 Å². The van der Waals surface area contributed by atoms with Crippen molar-refractivity contribution in [2.75, 3.05) is 11.6 Å². The van der Waals surface area contributed by atoms with E-state index in [2.05, 4.69) is 4.98 Å². The van der Waals surface area contributed by atoms with Crippen molar-refractivity contribution >= 4 is 29.1 Å². The van der Waals surface area contributed by atoms with Gasteiger partial charge in [0.15, 0.2) is 0 Å². The summed E-state index contributed by atoms with van der Waals surface area (Å²) in [6.45, 7) is 0. The molecule has 78 valence electrons. The first-order chi connectivity index (χ1) is 7.19. The summed E-state index contributed by atoms with van der Waals surface area (Å²) in [5, 5.41) is 19.7. The molecule has 0 saturated carbocycles. The molecule has 0 aliphatic carbocycles. The molecule has 1 heterocycles. The van der Waals surface area contributed by atoms with Gasteiger partial charge in [0, 0.05) is 17.7 Å².